The molecule has 36 heavy (non-hydrogen) atoms. The van der Waals surface area contributed by atoms with E-state index in [0.717, 1.165) is 43.0 Å². The molecule has 4 rings (SSSR count). The molecule has 0 atom stereocenters. The second-order valence-electron chi connectivity index (χ2n) is 9.56. The van der Waals surface area contributed by atoms with E-state index in [1.54, 1.807) is 12.1 Å². The number of anilines is 1. The molecule has 1 aliphatic rings. The van der Waals surface area contributed by atoms with Gasteiger partial charge in [-0.2, -0.15) is 10.2 Å². The Morgan fingerprint density at radius 1 is 1.14 bits per heavy atom. The van der Waals surface area contributed by atoms with Crippen LogP contribution >= 0.6 is 0 Å². The molecule has 1 aliphatic heterocycles. The van der Waals surface area contributed by atoms with Crippen LogP contribution in [0.2, 0.25) is 0 Å². The summed E-state index contributed by atoms with van der Waals surface area (Å²) in [6, 6.07) is 8.46. The van der Waals surface area contributed by atoms with Gasteiger partial charge in [0.2, 0.25) is 11.8 Å². The first-order valence-electron chi connectivity index (χ1n) is 12.2. The molecule has 0 aliphatic carbocycles. The Morgan fingerprint density at radius 3 is 2.42 bits per heavy atom. The van der Waals surface area contributed by atoms with Crippen LogP contribution in [0.15, 0.2) is 28.8 Å². The van der Waals surface area contributed by atoms with Crippen LogP contribution in [0.3, 0.4) is 0 Å². The summed E-state index contributed by atoms with van der Waals surface area (Å²) < 4.78 is 20.6. The van der Waals surface area contributed by atoms with Crippen molar-refractivity contribution in [2.45, 2.75) is 46.7 Å². The Kier molecular flexibility index (Phi) is 7.82. The third-order valence-electron chi connectivity index (χ3n) is 6.64. The van der Waals surface area contributed by atoms with Crippen LogP contribution in [0, 0.1) is 31.0 Å². The van der Waals surface area contributed by atoms with Gasteiger partial charge in [0.25, 0.3) is 0 Å². The predicted molar refractivity (Wildman–Crippen MR) is 133 cm³/mol. The highest BCUT2D eigenvalue weighted by molar-refractivity contribution is 5.93. The normalized spacial score (nSPS) is 14.8. The van der Waals surface area contributed by atoms with Crippen LogP contribution < -0.4 is 5.32 Å². The van der Waals surface area contributed by atoms with Crippen molar-refractivity contribution in [3.05, 3.63) is 64.2 Å². The van der Waals surface area contributed by atoms with E-state index in [2.05, 4.69) is 31.3 Å². The summed E-state index contributed by atoms with van der Waals surface area (Å²) in [5.41, 5.74) is 3.05. The van der Waals surface area contributed by atoms with Gasteiger partial charge in [-0.15, -0.1) is 0 Å². The minimum absolute atomic E-state index is 0.170. The highest BCUT2D eigenvalue weighted by Crippen LogP contribution is 2.27. The molecule has 1 fully saturated rings. The smallest absolute Gasteiger partial charge is 0.240 e. The summed E-state index contributed by atoms with van der Waals surface area (Å²) in [4.78, 5) is 21.8. The second kappa shape index (κ2) is 11.0. The lowest BCUT2D eigenvalue weighted by molar-refractivity contribution is -0.117. The summed E-state index contributed by atoms with van der Waals surface area (Å²) >= 11 is 0. The molecule has 10 heteroatoms. The number of carbonyl (C=O) groups excluding carboxylic acids is 1. The topological polar surface area (TPSA) is 103 Å². The molecule has 1 N–H and O–H groups in total. The molecule has 1 saturated heterocycles. The average Bonchev–Trinajstić information content (AvgIpc) is 3.40. The summed E-state index contributed by atoms with van der Waals surface area (Å²) in [6.07, 6.45) is 0. The number of nitriles is 1. The van der Waals surface area contributed by atoms with Gasteiger partial charge < -0.3 is 14.4 Å². The average molecular weight is 494 g/mol. The number of aromatic nitrogens is 3. The fraction of sp³-hybridized carbons (Fsp3) is 0.462. The first kappa shape index (κ1) is 25.5. The van der Waals surface area contributed by atoms with Crippen molar-refractivity contribution >= 4 is 11.7 Å². The molecule has 190 valence electrons. The molecular weight excluding hydrogens is 461 g/mol. The third kappa shape index (κ3) is 5.80. The Hall–Kier alpha value is -3.55. The molecule has 1 aromatic carbocycles. The first-order chi connectivity index (χ1) is 17.2. The number of carbonyl (C=O) groups is 1. The molecule has 0 bridgehead atoms. The zero-order chi connectivity index (χ0) is 25.8. The summed E-state index contributed by atoms with van der Waals surface area (Å²) in [7, 11) is 0. The molecule has 0 spiro atoms. The number of amides is 1. The zero-order valence-corrected chi connectivity index (χ0v) is 21.2. The third-order valence-corrected chi connectivity index (χ3v) is 6.64. The predicted octanol–water partition coefficient (Wildman–Crippen LogP) is 3.43. The summed E-state index contributed by atoms with van der Waals surface area (Å²) in [5.74, 6) is 1.56. The first-order valence-corrected chi connectivity index (χ1v) is 12.2. The number of hydrogen-bond donors (Lipinski definition) is 1. The van der Waals surface area contributed by atoms with Crippen LogP contribution in [-0.2, 0) is 17.9 Å². The minimum atomic E-state index is -0.303. The van der Waals surface area contributed by atoms with Gasteiger partial charge in [-0.25, -0.2) is 4.39 Å². The number of nitrogens with one attached hydrogen (secondary N) is 1. The van der Waals surface area contributed by atoms with Gasteiger partial charge in [0.15, 0.2) is 5.82 Å². The van der Waals surface area contributed by atoms with E-state index < -0.39 is 0 Å². The maximum absolute atomic E-state index is 13.3. The van der Waals surface area contributed by atoms with Crippen molar-refractivity contribution in [2.75, 3.05) is 38.0 Å². The fourth-order valence-electron chi connectivity index (χ4n) is 4.34. The van der Waals surface area contributed by atoms with Crippen molar-refractivity contribution in [1.82, 2.24) is 24.5 Å². The number of hydrogen-bond acceptors (Lipinski definition) is 7. The quantitative estimate of drug-likeness (QED) is 0.513. The minimum Gasteiger partial charge on any atom is -0.338 e. The molecule has 2 aromatic heterocycles. The maximum Gasteiger partial charge on any atom is 0.240 e. The maximum atomic E-state index is 13.3. The van der Waals surface area contributed by atoms with Gasteiger partial charge in [0.05, 0.1) is 18.7 Å². The standard InChI is InChI=1S/C26H32FN7O2/c1-17(2)25-30-24(36-31-25)16-33-11-9-32(10-12-33)15-23(35)29-26-22(13-28)18(3)19(4)34(26)14-20-5-7-21(27)8-6-20/h5-8,17H,9-12,14-16H2,1-4H3,(H,29,35). The monoisotopic (exact) mass is 493 g/mol. The van der Waals surface area contributed by atoms with Crippen molar-refractivity contribution < 1.29 is 13.7 Å². The molecule has 1 amide bonds. The highest BCUT2D eigenvalue weighted by Gasteiger charge is 2.24. The lowest BCUT2D eigenvalue weighted by atomic mass is 10.2. The largest absolute Gasteiger partial charge is 0.338 e. The molecule has 0 unspecified atom stereocenters. The second-order valence-corrected chi connectivity index (χ2v) is 9.56. The summed E-state index contributed by atoms with van der Waals surface area (Å²) in [5, 5.41) is 16.7. The number of benzene rings is 1. The molecular formula is C26H32FN7O2. The fourth-order valence-corrected chi connectivity index (χ4v) is 4.34. The highest BCUT2D eigenvalue weighted by atomic mass is 19.1. The lowest BCUT2D eigenvalue weighted by Gasteiger charge is -2.33. The van der Waals surface area contributed by atoms with E-state index >= 15 is 0 Å². The summed E-state index contributed by atoms with van der Waals surface area (Å²) in [6.45, 7) is 12.1. The Balaban J connectivity index is 1.36. The van der Waals surface area contributed by atoms with Gasteiger partial charge in [-0.05, 0) is 37.1 Å². The van der Waals surface area contributed by atoms with Gasteiger partial charge in [-0.3, -0.25) is 14.6 Å². The SMILES string of the molecule is Cc1c(C#N)c(NC(=O)CN2CCN(Cc3nc(C(C)C)no3)CC2)n(Cc2ccc(F)cc2)c1C. The van der Waals surface area contributed by atoms with E-state index in [9.17, 15) is 14.4 Å². The Morgan fingerprint density at radius 2 is 1.81 bits per heavy atom. The van der Waals surface area contributed by atoms with E-state index in [-0.39, 0.29) is 24.2 Å². The number of halogens is 1. The Bertz CT molecular complexity index is 1250. The van der Waals surface area contributed by atoms with Crippen molar-refractivity contribution in [2.24, 2.45) is 0 Å². The lowest BCUT2D eigenvalue weighted by Crippen LogP contribution is -2.48. The number of rotatable bonds is 8. The van der Waals surface area contributed by atoms with Crippen molar-refractivity contribution in [3.8, 4) is 6.07 Å². The van der Waals surface area contributed by atoms with Crippen molar-refractivity contribution in [1.29, 1.82) is 5.26 Å². The van der Waals surface area contributed by atoms with E-state index in [1.807, 2.05) is 32.3 Å². The number of piperazine rings is 1. The van der Waals surface area contributed by atoms with E-state index in [4.69, 9.17) is 4.52 Å². The molecule has 3 heterocycles. The van der Waals surface area contributed by atoms with Gasteiger partial charge in [0, 0.05) is 44.3 Å². The van der Waals surface area contributed by atoms with Crippen LogP contribution in [-0.4, -0.2) is 63.1 Å². The molecule has 3 aromatic rings. The van der Waals surface area contributed by atoms with Crippen molar-refractivity contribution in [3.63, 3.8) is 0 Å². The molecule has 9 nitrogen and oxygen atoms in total. The van der Waals surface area contributed by atoms with E-state index in [1.165, 1.54) is 12.1 Å². The van der Waals surface area contributed by atoms with Crippen LogP contribution in [0.1, 0.15) is 53.9 Å². The molecule has 0 saturated carbocycles. The van der Waals surface area contributed by atoms with Gasteiger partial charge in [0.1, 0.15) is 17.7 Å². The van der Waals surface area contributed by atoms with Crippen LogP contribution in [0.4, 0.5) is 10.2 Å². The number of nitrogens with zero attached hydrogens (tertiary/aromatic N) is 6. The molecule has 0 radical (unpaired) electrons. The van der Waals surface area contributed by atoms with Gasteiger partial charge in [-0.1, -0.05) is 31.1 Å². The van der Waals surface area contributed by atoms with E-state index in [0.29, 0.717) is 36.2 Å². The van der Waals surface area contributed by atoms with Gasteiger partial charge >= 0.3 is 0 Å². The Labute approximate surface area is 210 Å². The van der Waals surface area contributed by atoms with Crippen LogP contribution in [0.25, 0.3) is 0 Å². The van der Waals surface area contributed by atoms with Crippen LogP contribution in [0.5, 0.6) is 0 Å². The zero-order valence-electron chi connectivity index (χ0n) is 21.2.